The summed E-state index contributed by atoms with van der Waals surface area (Å²) in [4.78, 5) is 14.4. The van der Waals surface area contributed by atoms with Gasteiger partial charge in [0.1, 0.15) is 0 Å². The number of likely N-dealkylation sites (N-methyl/N-ethyl adjacent to an activating group) is 1. The quantitative estimate of drug-likeness (QED) is 0.870. The number of carbonyl (C=O) groups is 1. The maximum atomic E-state index is 12.5. The van der Waals surface area contributed by atoms with Crippen molar-refractivity contribution in [3.8, 4) is 0 Å². The zero-order valence-corrected chi connectivity index (χ0v) is 11.7. The number of benzene rings is 1. The van der Waals surface area contributed by atoms with Crippen LogP contribution in [-0.4, -0.2) is 50.7 Å². The number of ether oxygens (including phenoxy) is 1. The van der Waals surface area contributed by atoms with Gasteiger partial charge in [0.05, 0.1) is 6.10 Å². The van der Waals surface area contributed by atoms with Gasteiger partial charge in [-0.25, -0.2) is 0 Å². The van der Waals surface area contributed by atoms with Crippen LogP contribution in [-0.2, 0) is 11.2 Å². The van der Waals surface area contributed by atoms with Gasteiger partial charge in [-0.2, -0.15) is 0 Å². The molecule has 4 heteroatoms. The van der Waals surface area contributed by atoms with E-state index in [1.165, 1.54) is 0 Å². The molecule has 0 aromatic heterocycles. The Morgan fingerprint density at radius 1 is 1.47 bits per heavy atom. The third kappa shape index (κ3) is 3.33. The predicted octanol–water partition coefficient (Wildman–Crippen LogP) is 1.31. The number of nitrogens with one attached hydrogen (secondary N) is 1. The largest absolute Gasteiger partial charge is 0.380 e. The van der Waals surface area contributed by atoms with Gasteiger partial charge in [-0.05, 0) is 38.1 Å². The van der Waals surface area contributed by atoms with E-state index in [2.05, 4.69) is 5.32 Å². The van der Waals surface area contributed by atoms with Crippen LogP contribution in [0.1, 0.15) is 22.3 Å². The summed E-state index contributed by atoms with van der Waals surface area (Å²) in [6, 6.07) is 7.88. The standard InChI is InChI=1S/C15H22N2O2/c1-16-9-7-12-5-3-4-6-14(12)15(18)17-10-8-13(11-17)19-2/h3-6,13,16H,7-11H2,1-2H3. The first-order valence-corrected chi connectivity index (χ1v) is 6.81. The van der Waals surface area contributed by atoms with Crippen LogP contribution in [0.25, 0.3) is 0 Å². The minimum absolute atomic E-state index is 0.131. The van der Waals surface area contributed by atoms with E-state index in [1.807, 2.05) is 36.2 Å². The highest BCUT2D eigenvalue weighted by molar-refractivity contribution is 5.95. The zero-order chi connectivity index (χ0) is 13.7. The van der Waals surface area contributed by atoms with Gasteiger partial charge in [0, 0.05) is 25.8 Å². The molecule has 1 amide bonds. The van der Waals surface area contributed by atoms with E-state index in [-0.39, 0.29) is 12.0 Å². The van der Waals surface area contributed by atoms with Gasteiger partial charge in [-0.3, -0.25) is 4.79 Å². The molecule has 1 aromatic carbocycles. The molecule has 1 heterocycles. The van der Waals surface area contributed by atoms with Crippen LogP contribution in [0.3, 0.4) is 0 Å². The fraction of sp³-hybridized carbons (Fsp3) is 0.533. The maximum Gasteiger partial charge on any atom is 0.254 e. The van der Waals surface area contributed by atoms with Crippen molar-refractivity contribution in [2.75, 3.05) is 33.8 Å². The normalized spacial score (nSPS) is 18.8. The van der Waals surface area contributed by atoms with Gasteiger partial charge in [-0.1, -0.05) is 18.2 Å². The smallest absolute Gasteiger partial charge is 0.254 e. The fourth-order valence-electron chi connectivity index (χ4n) is 2.48. The molecule has 1 aromatic rings. The van der Waals surface area contributed by atoms with Crippen LogP contribution in [0.15, 0.2) is 24.3 Å². The van der Waals surface area contributed by atoms with Crippen molar-refractivity contribution in [2.45, 2.75) is 18.9 Å². The van der Waals surface area contributed by atoms with E-state index < -0.39 is 0 Å². The van der Waals surface area contributed by atoms with E-state index in [4.69, 9.17) is 4.74 Å². The first-order chi connectivity index (χ1) is 9.26. The van der Waals surface area contributed by atoms with E-state index >= 15 is 0 Å². The van der Waals surface area contributed by atoms with Crippen LogP contribution in [0.2, 0.25) is 0 Å². The summed E-state index contributed by atoms with van der Waals surface area (Å²) >= 11 is 0. The van der Waals surface area contributed by atoms with Gasteiger partial charge in [0.2, 0.25) is 0 Å². The Hall–Kier alpha value is -1.39. The molecule has 1 N–H and O–H groups in total. The summed E-state index contributed by atoms with van der Waals surface area (Å²) < 4.78 is 5.32. The molecule has 1 saturated heterocycles. The van der Waals surface area contributed by atoms with Crippen molar-refractivity contribution in [1.29, 1.82) is 0 Å². The lowest BCUT2D eigenvalue weighted by atomic mass is 10.0. The van der Waals surface area contributed by atoms with Crippen molar-refractivity contribution < 1.29 is 9.53 Å². The Balaban J connectivity index is 2.10. The van der Waals surface area contributed by atoms with Gasteiger partial charge in [0.25, 0.3) is 5.91 Å². The van der Waals surface area contributed by atoms with Crippen molar-refractivity contribution in [3.63, 3.8) is 0 Å². The Morgan fingerprint density at radius 3 is 2.95 bits per heavy atom. The molecule has 0 aliphatic carbocycles. The number of nitrogens with zero attached hydrogens (tertiary/aromatic N) is 1. The average molecular weight is 262 g/mol. The highest BCUT2D eigenvalue weighted by atomic mass is 16.5. The molecule has 0 bridgehead atoms. The summed E-state index contributed by atoms with van der Waals surface area (Å²) in [5.74, 6) is 0.131. The maximum absolute atomic E-state index is 12.5. The summed E-state index contributed by atoms with van der Waals surface area (Å²) in [7, 11) is 3.63. The van der Waals surface area contributed by atoms with Crippen LogP contribution >= 0.6 is 0 Å². The van der Waals surface area contributed by atoms with Gasteiger partial charge >= 0.3 is 0 Å². The molecule has 1 unspecified atom stereocenters. The van der Waals surface area contributed by atoms with Crippen LogP contribution in [0, 0.1) is 0 Å². The molecule has 4 nitrogen and oxygen atoms in total. The molecule has 104 valence electrons. The zero-order valence-electron chi connectivity index (χ0n) is 11.7. The van der Waals surface area contributed by atoms with Crippen molar-refractivity contribution in [2.24, 2.45) is 0 Å². The third-order valence-corrected chi connectivity index (χ3v) is 3.66. The minimum atomic E-state index is 0.131. The second-order valence-electron chi connectivity index (χ2n) is 4.91. The van der Waals surface area contributed by atoms with Gasteiger partial charge in [0.15, 0.2) is 0 Å². The number of carbonyl (C=O) groups excluding carboxylic acids is 1. The highest BCUT2D eigenvalue weighted by Gasteiger charge is 2.27. The SMILES string of the molecule is CNCCc1ccccc1C(=O)N1CCC(OC)C1. The van der Waals surface area contributed by atoms with Crippen molar-refractivity contribution in [3.05, 3.63) is 35.4 Å². The molecule has 1 aliphatic rings. The lowest BCUT2D eigenvalue weighted by Gasteiger charge is -2.18. The van der Waals surface area contributed by atoms with Crippen LogP contribution < -0.4 is 5.32 Å². The summed E-state index contributed by atoms with van der Waals surface area (Å²) in [6.45, 7) is 2.37. The van der Waals surface area contributed by atoms with Gasteiger partial charge < -0.3 is 15.0 Å². The molecular weight excluding hydrogens is 240 g/mol. The second-order valence-corrected chi connectivity index (χ2v) is 4.91. The average Bonchev–Trinajstić information content (AvgIpc) is 2.93. The Kier molecular flexibility index (Phi) is 4.93. The first kappa shape index (κ1) is 14.0. The number of hydrogen-bond acceptors (Lipinski definition) is 3. The highest BCUT2D eigenvalue weighted by Crippen LogP contribution is 2.18. The predicted molar refractivity (Wildman–Crippen MR) is 75.4 cm³/mol. The molecule has 2 rings (SSSR count). The molecule has 1 fully saturated rings. The van der Waals surface area contributed by atoms with E-state index in [0.29, 0.717) is 6.54 Å². The number of methoxy groups -OCH3 is 1. The Bertz CT molecular complexity index is 434. The third-order valence-electron chi connectivity index (χ3n) is 3.66. The van der Waals surface area contributed by atoms with E-state index in [9.17, 15) is 4.79 Å². The summed E-state index contributed by atoms with van der Waals surface area (Å²) in [5.41, 5.74) is 1.94. The van der Waals surface area contributed by atoms with Gasteiger partial charge in [-0.15, -0.1) is 0 Å². The lowest BCUT2D eigenvalue weighted by molar-refractivity contribution is 0.0723. The summed E-state index contributed by atoms with van der Waals surface area (Å²) in [5, 5.41) is 3.12. The van der Waals surface area contributed by atoms with Crippen LogP contribution in [0.5, 0.6) is 0 Å². The minimum Gasteiger partial charge on any atom is -0.380 e. The topological polar surface area (TPSA) is 41.6 Å². The summed E-state index contributed by atoms with van der Waals surface area (Å²) in [6.07, 6.45) is 1.99. The molecule has 1 atom stereocenters. The van der Waals surface area contributed by atoms with Crippen molar-refractivity contribution in [1.82, 2.24) is 10.2 Å². The number of likely N-dealkylation sites (tertiary alicyclic amines) is 1. The number of rotatable bonds is 5. The van der Waals surface area contributed by atoms with Crippen LogP contribution in [0.4, 0.5) is 0 Å². The lowest BCUT2D eigenvalue weighted by Crippen LogP contribution is -2.31. The number of amides is 1. The Morgan fingerprint density at radius 2 is 2.26 bits per heavy atom. The molecule has 0 saturated carbocycles. The molecule has 1 aliphatic heterocycles. The molecule has 19 heavy (non-hydrogen) atoms. The second kappa shape index (κ2) is 6.68. The van der Waals surface area contributed by atoms with E-state index in [0.717, 1.165) is 37.1 Å². The first-order valence-electron chi connectivity index (χ1n) is 6.81. The molecule has 0 radical (unpaired) electrons. The monoisotopic (exact) mass is 262 g/mol. The van der Waals surface area contributed by atoms with Crippen molar-refractivity contribution >= 4 is 5.91 Å². The molecule has 0 spiro atoms. The van der Waals surface area contributed by atoms with E-state index in [1.54, 1.807) is 7.11 Å². The molecular formula is C15H22N2O2. The number of hydrogen-bond donors (Lipinski definition) is 1. The fourth-order valence-corrected chi connectivity index (χ4v) is 2.48. The Labute approximate surface area is 114 Å².